The van der Waals surface area contributed by atoms with Gasteiger partial charge in [-0.05, 0) is 42.5 Å². The summed E-state index contributed by atoms with van der Waals surface area (Å²) in [7, 11) is -3.78. The van der Waals surface area contributed by atoms with E-state index in [9.17, 15) is 26.4 Å². The van der Waals surface area contributed by atoms with Crippen LogP contribution in [0, 0.1) is 5.92 Å². The van der Waals surface area contributed by atoms with Crippen molar-refractivity contribution in [2.24, 2.45) is 5.92 Å². The van der Waals surface area contributed by atoms with Gasteiger partial charge in [-0.15, -0.1) is 5.10 Å². The molecular weight excluding hydrogens is 507 g/mol. The monoisotopic (exact) mass is 535 g/mol. The summed E-state index contributed by atoms with van der Waals surface area (Å²) in [5.41, 5.74) is -0.119. The number of carbonyl (C=O) groups excluding carboxylic acids is 1. The van der Waals surface area contributed by atoms with E-state index in [0.29, 0.717) is 24.3 Å². The van der Waals surface area contributed by atoms with Crippen LogP contribution >= 0.6 is 11.6 Å². The van der Waals surface area contributed by atoms with Crippen LogP contribution in [-0.4, -0.2) is 36.5 Å². The Labute approximate surface area is 208 Å². The highest BCUT2D eigenvalue weighted by Gasteiger charge is 2.31. The Morgan fingerprint density at radius 2 is 2.00 bits per heavy atom. The summed E-state index contributed by atoms with van der Waals surface area (Å²) in [5, 5.41) is 4.21. The molecule has 0 aliphatic carbocycles. The Morgan fingerprint density at radius 1 is 1.29 bits per heavy atom. The molecule has 0 fully saturated rings. The van der Waals surface area contributed by atoms with Crippen LogP contribution in [0.1, 0.15) is 56.9 Å². The Bertz CT molecular complexity index is 1150. The molecular formula is C23H29ClF3N3O4S. The Kier molecular flexibility index (Phi) is 10.2. The van der Waals surface area contributed by atoms with E-state index in [2.05, 4.69) is 5.10 Å². The number of nitrogens with one attached hydrogen (secondary N) is 1. The van der Waals surface area contributed by atoms with Gasteiger partial charge in [0.2, 0.25) is 15.9 Å². The van der Waals surface area contributed by atoms with Crippen LogP contribution in [0.5, 0.6) is 5.88 Å². The number of benzene rings is 1. The first-order valence-electron chi connectivity index (χ1n) is 11.1. The summed E-state index contributed by atoms with van der Waals surface area (Å²) in [6.07, 6.45) is -0.0224. The smallest absolute Gasteiger partial charge is 0.416 e. The molecule has 0 aliphatic heterocycles. The summed E-state index contributed by atoms with van der Waals surface area (Å²) in [4.78, 5) is 12.2. The van der Waals surface area contributed by atoms with Gasteiger partial charge in [0.05, 0.1) is 30.2 Å². The first kappa shape index (κ1) is 28.7. The number of sulfonamides is 1. The summed E-state index contributed by atoms with van der Waals surface area (Å²) < 4.78 is 71.9. The molecule has 194 valence electrons. The molecule has 0 saturated heterocycles. The van der Waals surface area contributed by atoms with E-state index in [1.54, 1.807) is 6.07 Å². The number of ether oxygens (including phenoxy) is 1. The molecule has 12 heteroatoms. The van der Waals surface area contributed by atoms with Crippen molar-refractivity contribution >= 4 is 33.6 Å². The van der Waals surface area contributed by atoms with E-state index in [4.69, 9.17) is 16.3 Å². The molecule has 0 atom stereocenters. The fraction of sp³-hybridized carbons (Fsp3) is 0.478. The predicted octanol–water partition coefficient (Wildman–Crippen LogP) is 5.29. The fourth-order valence-electron chi connectivity index (χ4n) is 2.86. The van der Waals surface area contributed by atoms with Gasteiger partial charge in [-0.1, -0.05) is 44.9 Å². The minimum absolute atomic E-state index is 0.00207. The molecule has 0 unspecified atom stereocenters. The number of halogens is 4. The summed E-state index contributed by atoms with van der Waals surface area (Å²) in [6.45, 7) is 6.16. The molecule has 0 saturated carbocycles. The molecule has 0 aliphatic rings. The van der Waals surface area contributed by atoms with Gasteiger partial charge in [0.25, 0.3) is 5.91 Å². The van der Waals surface area contributed by atoms with Crippen molar-refractivity contribution in [1.82, 2.24) is 14.5 Å². The van der Waals surface area contributed by atoms with E-state index in [0.717, 1.165) is 31.1 Å². The van der Waals surface area contributed by atoms with Crippen LogP contribution in [0.4, 0.5) is 13.2 Å². The van der Waals surface area contributed by atoms with Crippen molar-refractivity contribution in [3.63, 3.8) is 0 Å². The lowest BCUT2D eigenvalue weighted by Crippen LogP contribution is -2.31. The topological polar surface area (TPSA) is 90.3 Å². The Hall–Kier alpha value is -2.53. The molecule has 0 radical (unpaired) electrons. The van der Waals surface area contributed by atoms with Crippen LogP contribution < -0.4 is 9.46 Å². The van der Waals surface area contributed by atoms with E-state index >= 15 is 0 Å². The molecule has 2 rings (SSSR count). The predicted molar refractivity (Wildman–Crippen MR) is 129 cm³/mol. The minimum atomic E-state index is -4.52. The molecule has 1 heterocycles. The highest BCUT2D eigenvalue weighted by Crippen LogP contribution is 2.32. The van der Waals surface area contributed by atoms with Gasteiger partial charge in [-0.25, -0.2) is 13.1 Å². The fourth-order valence-corrected chi connectivity index (χ4v) is 4.36. The largest absolute Gasteiger partial charge is 0.477 e. The van der Waals surface area contributed by atoms with Gasteiger partial charge in [-0.3, -0.25) is 9.48 Å². The molecule has 35 heavy (non-hydrogen) atoms. The number of amides is 1. The van der Waals surface area contributed by atoms with Gasteiger partial charge in [0.1, 0.15) is 0 Å². The van der Waals surface area contributed by atoms with E-state index < -0.39 is 27.7 Å². The first-order valence-corrected chi connectivity index (χ1v) is 13.1. The van der Waals surface area contributed by atoms with E-state index in [1.165, 1.54) is 16.8 Å². The summed E-state index contributed by atoms with van der Waals surface area (Å²) >= 11 is 6.08. The second-order valence-corrected chi connectivity index (χ2v) is 10.6. The lowest BCUT2D eigenvalue weighted by molar-refractivity contribution is -0.137. The van der Waals surface area contributed by atoms with Crippen molar-refractivity contribution in [2.45, 2.75) is 52.8 Å². The van der Waals surface area contributed by atoms with Crippen LogP contribution in [0.3, 0.4) is 0 Å². The Morgan fingerprint density at radius 3 is 2.60 bits per heavy atom. The molecule has 0 spiro atoms. The second-order valence-electron chi connectivity index (χ2n) is 8.37. The molecule has 2 aromatic rings. The number of unbranched alkanes of at least 4 members (excludes halogenated alkanes) is 1. The van der Waals surface area contributed by atoms with Crippen molar-refractivity contribution in [3.8, 4) is 5.88 Å². The van der Waals surface area contributed by atoms with Gasteiger partial charge in [0.15, 0.2) is 0 Å². The highest BCUT2D eigenvalue weighted by molar-refractivity contribution is 7.90. The van der Waals surface area contributed by atoms with Crippen LogP contribution in [0.25, 0.3) is 6.08 Å². The van der Waals surface area contributed by atoms with Gasteiger partial charge < -0.3 is 4.74 Å². The number of alkyl halides is 3. The summed E-state index contributed by atoms with van der Waals surface area (Å²) in [6, 6.07) is 4.56. The van der Waals surface area contributed by atoms with Crippen molar-refractivity contribution in [1.29, 1.82) is 0 Å². The molecule has 7 nitrogen and oxygen atoms in total. The van der Waals surface area contributed by atoms with Crippen molar-refractivity contribution in [2.75, 3.05) is 12.4 Å². The van der Waals surface area contributed by atoms with E-state index in [1.807, 2.05) is 25.5 Å². The van der Waals surface area contributed by atoms with Crippen LogP contribution in [0.15, 0.2) is 30.3 Å². The number of rotatable bonds is 12. The SMILES string of the molecule is CCCCOc1cc(C=CC(=O)NS(=O)(=O)CCC(C)C)n(Cc2ccc(C(F)(F)F)cc2Cl)n1. The van der Waals surface area contributed by atoms with Gasteiger partial charge in [0, 0.05) is 17.2 Å². The molecule has 1 amide bonds. The van der Waals surface area contributed by atoms with Crippen molar-refractivity contribution in [3.05, 3.63) is 52.2 Å². The zero-order chi connectivity index (χ0) is 26.2. The standard InChI is InChI=1S/C23H29ClF3N3O4S/c1-4-5-11-34-22-14-19(8-9-21(31)29-35(32,33)12-10-16(2)3)30(28-22)15-17-6-7-18(13-20(17)24)23(25,26)27/h6-9,13-14,16H,4-5,10-12,15H2,1-3H3,(H,29,31). The van der Waals surface area contributed by atoms with E-state index in [-0.39, 0.29) is 29.1 Å². The second kappa shape index (κ2) is 12.4. The van der Waals surface area contributed by atoms with Crippen molar-refractivity contribution < 1.29 is 31.1 Å². The third kappa shape index (κ3) is 9.56. The number of hydrogen-bond acceptors (Lipinski definition) is 5. The number of aromatic nitrogens is 2. The molecule has 1 N–H and O–H groups in total. The Balaban J connectivity index is 2.24. The van der Waals surface area contributed by atoms with Gasteiger partial charge in [-0.2, -0.15) is 13.2 Å². The maximum Gasteiger partial charge on any atom is 0.416 e. The molecule has 0 bridgehead atoms. The summed E-state index contributed by atoms with van der Waals surface area (Å²) in [5.74, 6) is -0.590. The maximum absolute atomic E-state index is 12.9. The lowest BCUT2D eigenvalue weighted by Gasteiger charge is -2.11. The number of carbonyl (C=O) groups is 1. The third-order valence-electron chi connectivity index (χ3n) is 4.86. The third-order valence-corrected chi connectivity index (χ3v) is 6.50. The minimum Gasteiger partial charge on any atom is -0.477 e. The maximum atomic E-state index is 12.9. The number of hydrogen-bond donors (Lipinski definition) is 1. The average Bonchev–Trinajstić information content (AvgIpc) is 3.13. The lowest BCUT2D eigenvalue weighted by atomic mass is 10.1. The molecule has 1 aromatic heterocycles. The van der Waals surface area contributed by atoms with Crippen LogP contribution in [0.2, 0.25) is 5.02 Å². The number of nitrogens with zero attached hydrogens (tertiary/aromatic N) is 2. The quantitative estimate of drug-likeness (QED) is 0.295. The first-order chi connectivity index (χ1) is 16.3. The average molecular weight is 536 g/mol. The molecule has 1 aromatic carbocycles. The zero-order valence-corrected chi connectivity index (χ0v) is 21.3. The normalized spacial score (nSPS) is 12.5. The zero-order valence-electron chi connectivity index (χ0n) is 19.7. The van der Waals surface area contributed by atoms with Gasteiger partial charge >= 0.3 is 6.18 Å². The van der Waals surface area contributed by atoms with Crippen LogP contribution in [-0.2, 0) is 27.5 Å². The highest BCUT2D eigenvalue weighted by atomic mass is 35.5.